The van der Waals surface area contributed by atoms with Crippen LogP contribution in [0.4, 0.5) is 0 Å². The molecule has 1 heterocycles. The predicted octanol–water partition coefficient (Wildman–Crippen LogP) is 2.68. The van der Waals surface area contributed by atoms with Gasteiger partial charge in [0.05, 0.1) is 7.11 Å². The molecule has 1 atom stereocenters. The molecule has 0 aliphatic heterocycles. The number of hydrogen-bond acceptors (Lipinski definition) is 3. The summed E-state index contributed by atoms with van der Waals surface area (Å²) in [6, 6.07) is 10.9. The van der Waals surface area contributed by atoms with Crippen molar-refractivity contribution in [3.63, 3.8) is 0 Å². The van der Waals surface area contributed by atoms with Crippen LogP contribution in [-0.4, -0.2) is 12.2 Å². The van der Waals surface area contributed by atoms with Crippen molar-refractivity contribution >= 4 is 0 Å². The second kappa shape index (κ2) is 4.41. The molecule has 84 valence electrons. The minimum absolute atomic E-state index is 0.558. The molecule has 0 unspecified atom stereocenters. The van der Waals surface area contributed by atoms with Crippen molar-refractivity contribution in [1.82, 2.24) is 0 Å². The highest BCUT2D eigenvalue weighted by Gasteiger charge is 2.13. The Morgan fingerprint density at radius 1 is 1.12 bits per heavy atom. The predicted molar refractivity (Wildman–Crippen MR) is 60.5 cm³/mol. The van der Waals surface area contributed by atoms with Gasteiger partial charge in [-0.15, -0.1) is 0 Å². The Morgan fingerprint density at radius 2 is 1.81 bits per heavy atom. The van der Waals surface area contributed by atoms with E-state index in [-0.39, 0.29) is 0 Å². The number of benzene rings is 1. The first-order chi connectivity index (χ1) is 7.70. The van der Waals surface area contributed by atoms with Crippen LogP contribution in [0.3, 0.4) is 0 Å². The van der Waals surface area contributed by atoms with Gasteiger partial charge in [0.2, 0.25) is 0 Å². The topological polar surface area (TPSA) is 42.6 Å². The fraction of sp³-hybridized carbons (Fsp3) is 0.231. The average molecular weight is 218 g/mol. The maximum absolute atomic E-state index is 10.0. The molecule has 3 nitrogen and oxygen atoms in total. The number of furan rings is 1. The van der Waals surface area contributed by atoms with Crippen LogP contribution in [0.1, 0.15) is 23.2 Å². The second-order valence-corrected chi connectivity index (χ2v) is 3.62. The molecule has 0 spiro atoms. The van der Waals surface area contributed by atoms with Crippen LogP contribution in [0, 0.1) is 6.92 Å². The maximum atomic E-state index is 10.0. The van der Waals surface area contributed by atoms with E-state index < -0.39 is 6.10 Å². The Balaban J connectivity index is 2.23. The van der Waals surface area contributed by atoms with Gasteiger partial charge in [0.1, 0.15) is 23.4 Å². The number of aliphatic hydroxyl groups excluding tert-OH is 1. The van der Waals surface area contributed by atoms with Crippen LogP contribution in [0.25, 0.3) is 0 Å². The van der Waals surface area contributed by atoms with Gasteiger partial charge in [-0.25, -0.2) is 0 Å². The molecule has 16 heavy (non-hydrogen) atoms. The minimum atomic E-state index is -0.723. The number of hydrogen-bond donors (Lipinski definition) is 1. The Hall–Kier alpha value is -1.74. The normalized spacial score (nSPS) is 12.4. The largest absolute Gasteiger partial charge is 0.497 e. The quantitative estimate of drug-likeness (QED) is 0.861. The Kier molecular flexibility index (Phi) is 2.97. The zero-order valence-electron chi connectivity index (χ0n) is 9.31. The van der Waals surface area contributed by atoms with Crippen molar-refractivity contribution in [2.75, 3.05) is 7.11 Å². The third-order valence-electron chi connectivity index (χ3n) is 2.46. The van der Waals surface area contributed by atoms with Crippen LogP contribution in [0.5, 0.6) is 5.75 Å². The summed E-state index contributed by atoms with van der Waals surface area (Å²) in [4.78, 5) is 0. The molecule has 0 aliphatic carbocycles. The van der Waals surface area contributed by atoms with E-state index >= 15 is 0 Å². The van der Waals surface area contributed by atoms with Crippen molar-refractivity contribution < 1.29 is 14.3 Å². The molecule has 0 saturated heterocycles. The summed E-state index contributed by atoms with van der Waals surface area (Å²) in [5.41, 5.74) is 0.787. The van der Waals surface area contributed by atoms with Crippen LogP contribution < -0.4 is 4.74 Å². The van der Waals surface area contributed by atoms with Crippen molar-refractivity contribution in [3.05, 3.63) is 53.5 Å². The van der Waals surface area contributed by atoms with Crippen molar-refractivity contribution in [2.24, 2.45) is 0 Å². The van der Waals surface area contributed by atoms with Gasteiger partial charge >= 0.3 is 0 Å². The molecule has 0 saturated carbocycles. The van der Waals surface area contributed by atoms with E-state index in [9.17, 15) is 5.11 Å². The maximum Gasteiger partial charge on any atom is 0.137 e. The number of rotatable bonds is 3. The van der Waals surface area contributed by atoms with Crippen molar-refractivity contribution in [1.29, 1.82) is 0 Å². The lowest BCUT2D eigenvalue weighted by Crippen LogP contribution is -1.97. The third-order valence-corrected chi connectivity index (χ3v) is 2.46. The zero-order chi connectivity index (χ0) is 11.5. The lowest BCUT2D eigenvalue weighted by molar-refractivity contribution is 0.187. The molecule has 0 amide bonds. The molecule has 0 fully saturated rings. The SMILES string of the molecule is COc1ccc([C@H](O)c2ccc(C)o2)cc1. The third kappa shape index (κ3) is 2.09. The number of ether oxygens (including phenoxy) is 1. The van der Waals surface area contributed by atoms with Crippen LogP contribution in [-0.2, 0) is 0 Å². The molecule has 1 N–H and O–H groups in total. The van der Waals surface area contributed by atoms with Gasteiger partial charge in [-0.2, -0.15) is 0 Å². The molecular weight excluding hydrogens is 204 g/mol. The van der Waals surface area contributed by atoms with Gasteiger partial charge in [0.25, 0.3) is 0 Å². The first kappa shape index (κ1) is 10.8. The fourth-order valence-electron chi connectivity index (χ4n) is 1.55. The smallest absolute Gasteiger partial charge is 0.137 e. The lowest BCUT2D eigenvalue weighted by Gasteiger charge is -2.08. The van der Waals surface area contributed by atoms with E-state index in [0.29, 0.717) is 5.76 Å². The van der Waals surface area contributed by atoms with Gasteiger partial charge in [-0.3, -0.25) is 0 Å². The van der Waals surface area contributed by atoms with E-state index in [1.165, 1.54) is 0 Å². The standard InChI is InChI=1S/C13H14O3/c1-9-3-8-12(16-9)13(14)10-4-6-11(15-2)7-5-10/h3-8,13-14H,1-2H3/t13-/m0/s1. The Bertz CT molecular complexity index is 456. The summed E-state index contributed by atoms with van der Waals surface area (Å²) in [5, 5.41) is 10.0. The second-order valence-electron chi connectivity index (χ2n) is 3.62. The van der Waals surface area contributed by atoms with Crippen LogP contribution in [0.2, 0.25) is 0 Å². The van der Waals surface area contributed by atoms with Crippen LogP contribution >= 0.6 is 0 Å². The summed E-state index contributed by atoms with van der Waals surface area (Å²) in [6.07, 6.45) is -0.723. The summed E-state index contributed by atoms with van der Waals surface area (Å²) >= 11 is 0. The summed E-state index contributed by atoms with van der Waals surface area (Å²) in [5.74, 6) is 2.12. The first-order valence-electron chi connectivity index (χ1n) is 5.09. The monoisotopic (exact) mass is 218 g/mol. The Labute approximate surface area is 94.3 Å². The summed E-state index contributed by atoms with van der Waals surface area (Å²) in [6.45, 7) is 1.85. The number of aliphatic hydroxyl groups is 1. The van der Waals surface area contributed by atoms with Gasteiger partial charge in [-0.05, 0) is 36.8 Å². The van der Waals surface area contributed by atoms with Crippen molar-refractivity contribution in [2.45, 2.75) is 13.0 Å². The molecule has 1 aromatic heterocycles. The van der Waals surface area contributed by atoms with E-state index in [0.717, 1.165) is 17.1 Å². The summed E-state index contributed by atoms with van der Waals surface area (Å²) < 4.78 is 10.4. The molecule has 2 aromatic rings. The molecule has 0 radical (unpaired) electrons. The highest BCUT2D eigenvalue weighted by atomic mass is 16.5. The number of methoxy groups -OCH3 is 1. The molecule has 3 heteroatoms. The number of aryl methyl sites for hydroxylation is 1. The van der Waals surface area contributed by atoms with E-state index in [2.05, 4.69) is 0 Å². The van der Waals surface area contributed by atoms with Crippen LogP contribution in [0.15, 0.2) is 40.8 Å². The van der Waals surface area contributed by atoms with E-state index in [1.807, 2.05) is 37.3 Å². The molecule has 1 aromatic carbocycles. The van der Waals surface area contributed by atoms with Gasteiger partial charge < -0.3 is 14.3 Å². The highest BCUT2D eigenvalue weighted by Crippen LogP contribution is 2.25. The molecule has 0 aliphatic rings. The van der Waals surface area contributed by atoms with Crippen molar-refractivity contribution in [3.8, 4) is 5.75 Å². The average Bonchev–Trinajstić information content (AvgIpc) is 2.75. The van der Waals surface area contributed by atoms with E-state index in [4.69, 9.17) is 9.15 Å². The molecular formula is C13H14O3. The molecule has 2 rings (SSSR count). The molecule has 0 bridgehead atoms. The van der Waals surface area contributed by atoms with Gasteiger partial charge in [-0.1, -0.05) is 12.1 Å². The first-order valence-corrected chi connectivity index (χ1v) is 5.09. The van der Waals surface area contributed by atoms with E-state index in [1.54, 1.807) is 13.2 Å². The fourth-order valence-corrected chi connectivity index (χ4v) is 1.55. The van der Waals surface area contributed by atoms with Gasteiger partial charge in [0, 0.05) is 0 Å². The highest BCUT2D eigenvalue weighted by molar-refractivity contribution is 5.31. The minimum Gasteiger partial charge on any atom is -0.497 e. The summed E-state index contributed by atoms with van der Waals surface area (Å²) in [7, 11) is 1.61. The lowest BCUT2D eigenvalue weighted by atomic mass is 10.1. The van der Waals surface area contributed by atoms with Gasteiger partial charge in [0.15, 0.2) is 0 Å². The zero-order valence-corrected chi connectivity index (χ0v) is 9.31. The Morgan fingerprint density at radius 3 is 2.31 bits per heavy atom.